The number of methoxy groups -OCH3 is 1. The molecule has 0 atom stereocenters. The Kier molecular flexibility index (Phi) is 5.27. The molecule has 0 aliphatic carbocycles. The van der Waals surface area contributed by atoms with Crippen molar-refractivity contribution in [3.05, 3.63) is 58.1 Å². The summed E-state index contributed by atoms with van der Waals surface area (Å²) in [4.78, 5) is 11.8. The lowest BCUT2D eigenvalue weighted by atomic mass is 10.1. The molecule has 1 amide bonds. The molecule has 0 aliphatic heterocycles. The fourth-order valence-corrected chi connectivity index (χ4v) is 2.48. The van der Waals surface area contributed by atoms with Crippen LogP contribution in [0.3, 0.4) is 0 Å². The van der Waals surface area contributed by atoms with Crippen molar-refractivity contribution < 1.29 is 14.3 Å². The molecule has 0 heterocycles. The van der Waals surface area contributed by atoms with Crippen LogP contribution in [0.15, 0.2) is 30.3 Å². The fourth-order valence-electron chi connectivity index (χ4n) is 2.48. The molecule has 2 rings (SSSR count). The summed E-state index contributed by atoms with van der Waals surface area (Å²) >= 11 is 0. The summed E-state index contributed by atoms with van der Waals surface area (Å²) in [6.45, 7) is 6.51. The van der Waals surface area contributed by atoms with Gasteiger partial charge in [0.25, 0.3) is 5.91 Å². The number of nitrogens with one attached hydrogen (secondary N) is 1. The second-order valence-corrected chi connectivity index (χ2v) is 5.60. The SMILES string of the molecule is CNC(=O)c1ccc(OC)c(COc2cc(C)cc(C)c2C)c1. The molecule has 1 N–H and O–H groups in total. The van der Waals surface area contributed by atoms with Crippen molar-refractivity contribution in [3.63, 3.8) is 0 Å². The summed E-state index contributed by atoms with van der Waals surface area (Å²) in [5, 5.41) is 2.62. The number of hydrogen-bond donors (Lipinski definition) is 1. The molecule has 0 spiro atoms. The predicted molar refractivity (Wildman–Crippen MR) is 91.4 cm³/mol. The molecule has 0 fully saturated rings. The highest BCUT2D eigenvalue weighted by atomic mass is 16.5. The second-order valence-electron chi connectivity index (χ2n) is 5.60. The lowest BCUT2D eigenvalue weighted by Gasteiger charge is -2.15. The molecule has 0 unspecified atom stereocenters. The average Bonchev–Trinajstić information content (AvgIpc) is 2.55. The van der Waals surface area contributed by atoms with Crippen LogP contribution in [0.2, 0.25) is 0 Å². The van der Waals surface area contributed by atoms with Gasteiger partial charge >= 0.3 is 0 Å². The number of carbonyl (C=O) groups excluding carboxylic acids is 1. The molecular formula is C19H23NO3. The van der Waals surface area contributed by atoms with E-state index in [9.17, 15) is 4.79 Å². The Morgan fingerprint density at radius 2 is 1.83 bits per heavy atom. The van der Waals surface area contributed by atoms with Crippen LogP contribution in [-0.2, 0) is 6.61 Å². The highest BCUT2D eigenvalue weighted by Gasteiger charge is 2.11. The zero-order valence-corrected chi connectivity index (χ0v) is 14.3. The maximum Gasteiger partial charge on any atom is 0.251 e. The Bertz CT molecular complexity index is 723. The van der Waals surface area contributed by atoms with Gasteiger partial charge in [-0.3, -0.25) is 4.79 Å². The van der Waals surface area contributed by atoms with E-state index in [1.165, 1.54) is 5.56 Å². The molecule has 0 bridgehead atoms. The van der Waals surface area contributed by atoms with Gasteiger partial charge in [-0.05, 0) is 61.7 Å². The van der Waals surface area contributed by atoms with Gasteiger partial charge in [0.2, 0.25) is 0 Å². The van der Waals surface area contributed by atoms with E-state index >= 15 is 0 Å². The molecule has 2 aromatic carbocycles. The van der Waals surface area contributed by atoms with E-state index in [1.807, 2.05) is 19.9 Å². The lowest BCUT2D eigenvalue weighted by Crippen LogP contribution is -2.18. The maximum atomic E-state index is 11.8. The first-order chi connectivity index (χ1) is 11.0. The number of carbonyl (C=O) groups is 1. The minimum Gasteiger partial charge on any atom is -0.496 e. The van der Waals surface area contributed by atoms with Crippen molar-refractivity contribution in [2.75, 3.05) is 14.2 Å². The largest absolute Gasteiger partial charge is 0.496 e. The molecule has 0 aromatic heterocycles. The smallest absolute Gasteiger partial charge is 0.251 e. The van der Waals surface area contributed by atoms with Crippen LogP contribution in [0.1, 0.15) is 32.6 Å². The standard InChI is InChI=1S/C19H23NO3/c1-12-8-13(2)14(3)18(9-12)23-11-16-10-15(19(21)20-4)6-7-17(16)22-5/h6-10H,11H2,1-5H3,(H,20,21). The minimum absolute atomic E-state index is 0.128. The highest BCUT2D eigenvalue weighted by molar-refractivity contribution is 5.94. The van der Waals surface area contributed by atoms with Gasteiger partial charge in [-0.1, -0.05) is 6.07 Å². The molecule has 0 radical (unpaired) electrons. The van der Waals surface area contributed by atoms with Crippen LogP contribution in [0.4, 0.5) is 0 Å². The first kappa shape index (κ1) is 16.9. The maximum absolute atomic E-state index is 11.8. The zero-order chi connectivity index (χ0) is 17.0. The van der Waals surface area contributed by atoms with Gasteiger partial charge in [0.1, 0.15) is 18.1 Å². The average molecular weight is 313 g/mol. The molecular weight excluding hydrogens is 290 g/mol. The van der Waals surface area contributed by atoms with Crippen LogP contribution >= 0.6 is 0 Å². The van der Waals surface area contributed by atoms with Crippen molar-refractivity contribution in [1.29, 1.82) is 0 Å². The summed E-state index contributed by atoms with van der Waals surface area (Å²) in [6.07, 6.45) is 0. The van der Waals surface area contributed by atoms with Gasteiger partial charge in [-0.15, -0.1) is 0 Å². The van der Waals surface area contributed by atoms with Crippen molar-refractivity contribution in [2.24, 2.45) is 0 Å². The fraction of sp³-hybridized carbons (Fsp3) is 0.316. The van der Waals surface area contributed by atoms with Crippen LogP contribution in [-0.4, -0.2) is 20.1 Å². The monoisotopic (exact) mass is 313 g/mol. The lowest BCUT2D eigenvalue weighted by molar-refractivity contribution is 0.0963. The molecule has 0 saturated heterocycles. The molecule has 4 nitrogen and oxygen atoms in total. The van der Waals surface area contributed by atoms with Gasteiger partial charge in [-0.2, -0.15) is 0 Å². The van der Waals surface area contributed by atoms with Crippen molar-refractivity contribution in [1.82, 2.24) is 5.32 Å². The molecule has 0 saturated carbocycles. The Hall–Kier alpha value is -2.49. The van der Waals surface area contributed by atoms with Gasteiger partial charge < -0.3 is 14.8 Å². The van der Waals surface area contributed by atoms with E-state index in [2.05, 4.69) is 18.3 Å². The summed E-state index contributed by atoms with van der Waals surface area (Å²) in [7, 11) is 3.22. The number of amides is 1. The van der Waals surface area contributed by atoms with Gasteiger partial charge in [0, 0.05) is 18.2 Å². The van der Waals surface area contributed by atoms with E-state index in [0.29, 0.717) is 17.9 Å². The first-order valence-corrected chi connectivity index (χ1v) is 7.56. The van der Waals surface area contributed by atoms with Gasteiger partial charge in [0.05, 0.1) is 7.11 Å². The van der Waals surface area contributed by atoms with E-state index in [0.717, 1.165) is 22.4 Å². The zero-order valence-electron chi connectivity index (χ0n) is 14.3. The predicted octanol–water partition coefficient (Wildman–Crippen LogP) is 3.56. The molecule has 122 valence electrons. The van der Waals surface area contributed by atoms with Crippen LogP contribution in [0.5, 0.6) is 11.5 Å². The van der Waals surface area contributed by atoms with Crippen molar-refractivity contribution >= 4 is 5.91 Å². The third-order valence-corrected chi connectivity index (χ3v) is 3.92. The summed E-state index contributed by atoms with van der Waals surface area (Å²) in [6, 6.07) is 9.49. The molecule has 23 heavy (non-hydrogen) atoms. The number of aryl methyl sites for hydroxylation is 2. The number of benzene rings is 2. The molecule has 2 aromatic rings. The molecule has 4 heteroatoms. The topological polar surface area (TPSA) is 47.6 Å². The van der Waals surface area contributed by atoms with Crippen LogP contribution in [0, 0.1) is 20.8 Å². The Labute approximate surface area is 137 Å². The third kappa shape index (κ3) is 3.83. The molecule has 0 aliphatic rings. The number of rotatable bonds is 5. The summed E-state index contributed by atoms with van der Waals surface area (Å²) < 4.78 is 11.4. The van der Waals surface area contributed by atoms with Crippen molar-refractivity contribution in [3.8, 4) is 11.5 Å². The highest BCUT2D eigenvalue weighted by Crippen LogP contribution is 2.26. The van der Waals surface area contributed by atoms with Crippen LogP contribution in [0.25, 0.3) is 0 Å². The summed E-state index contributed by atoms with van der Waals surface area (Å²) in [5.41, 5.74) is 4.91. The Morgan fingerprint density at radius 3 is 2.48 bits per heavy atom. The van der Waals surface area contributed by atoms with Gasteiger partial charge in [0.15, 0.2) is 0 Å². The van der Waals surface area contributed by atoms with Crippen molar-refractivity contribution in [2.45, 2.75) is 27.4 Å². The van der Waals surface area contributed by atoms with E-state index in [4.69, 9.17) is 9.47 Å². The Balaban J connectivity index is 2.27. The third-order valence-electron chi connectivity index (χ3n) is 3.92. The van der Waals surface area contributed by atoms with E-state index in [-0.39, 0.29) is 5.91 Å². The number of hydrogen-bond acceptors (Lipinski definition) is 3. The quantitative estimate of drug-likeness (QED) is 0.918. The minimum atomic E-state index is -0.128. The van der Waals surface area contributed by atoms with E-state index in [1.54, 1.807) is 32.4 Å². The normalized spacial score (nSPS) is 10.3. The first-order valence-electron chi connectivity index (χ1n) is 7.56. The number of ether oxygens (including phenoxy) is 2. The Morgan fingerprint density at radius 1 is 1.09 bits per heavy atom. The van der Waals surface area contributed by atoms with Gasteiger partial charge in [-0.25, -0.2) is 0 Å². The summed E-state index contributed by atoms with van der Waals surface area (Å²) in [5.74, 6) is 1.44. The second kappa shape index (κ2) is 7.18. The van der Waals surface area contributed by atoms with Crippen LogP contribution < -0.4 is 14.8 Å². The van der Waals surface area contributed by atoms with E-state index < -0.39 is 0 Å².